The van der Waals surface area contributed by atoms with Crippen LogP contribution in [-0.4, -0.2) is 26.2 Å². The molecule has 0 amide bonds. The fraction of sp³-hybridized carbons (Fsp3) is 0.500. The second kappa shape index (κ2) is 7.69. The highest BCUT2D eigenvalue weighted by Crippen LogP contribution is 2.48. The highest BCUT2D eigenvalue weighted by molar-refractivity contribution is 14.0. The van der Waals surface area contributed by atoms with Gasteiger partial charge in [0.1, 0.15) is 0 Å². The third-order valence-corrected chi connectivity index (χ3v) is 3.42. The SMILES string of the molecule is COCCC1(CN=C(N)Nc2ccccc2)CC1.I. The zero-order valence-electron chi connectivity index (χ0n) is 11.3. The van der Waals surface area contributed by atoms with Crippen molar-refractivity contribution in [1.82, 2.24) is 0 Å². The summed E-state index contributed by atoms with van der Waals surface area (Å²) < 4.78 is 5.12. The van der Waals surface area contributed by atoms with Gasteiger partial charge >= 0.3 is 0 Å². The lowest BCUT2D eigenvalue weighted by Gasteiger charge is -2.12. The quantitative estimate of drug-likeness (QED) is 0.457. The number of ether oxygens (including phenoxy) is 1. The molecule has 4 nitrogen and oxygen atoms in total. The molecule has 1 aliphatic rings. The van der Waals surface area contributed by atoms with Crippen LogP contribution in [0.4, 0.5) is 5.69 Å². The van der Waals surface area contributed by atoms with Crippen LogP contribution in [0.3, 0.4) is 0 Å². The maximum Gasteiger partial charge on any atom is 0.193 e. The minimum atomic E-state index is 0. The Balaban J connectivity index is 0.00000180. The molecule has 106 valence electrons. The lowest BCUT2D eigenvalue weighted by molar-refractivity contribution is 0.174. The Morgan fingerprint density at radius 1 is 1.37 bits per heavy atom. The van der Waals surface area contributed by atoms with Crippen molar-refractivity contribution in [3.63, 3.8) is 0 Å². The molecule has 0 unspecified atom stereocenters. The van der Waals surface area contributed by atoms with Crippen molar-refractivity contribution in [3.8, 4) is 0 Å². The molecule has 0 aliphatic heterocycles. The lowest BCUT2D eigenvalue weighted by atomic mass is 10.0. The van der Waals surface area contributed by atoms with Crippen LogP contribution in [0.2, 0.25) is 0 Å². The van der Waals surface area contributed by atoms with Gasteiger partial charge in [0.05, 0.1) is 0 Å². The van der Waals surface area contributed by atoms with E-state index in [1.54, 1.807) is 7.11 Å². The fourth-order valence-electron chi connectivity index (χ4n) is 1.94. The summed E-state index contributed by atoms with van der Waals surface area (Å²) in [5.74, 6) is 0.491. The largest absolute Gasteiger partial charge is 0.385 e. The number of rotatable bonds is 6. The summed E-state index contributed by atoms with van der Waals surface area (Å²) >= 11 is 0. The van der Waals surface area contributed by atoms with Crippen molar-refractivity contribution in [2.45, 2.75) is 19.3 Å². The summed E-state index contributed by atoms with van der Waals surface area (Å²) in [7, 11) is 1.74. The average molecular weight is 375 g/mol. The summed E-state index contributed by atoms with van der Waals surface area (Å²) in [5.41, 5.74) is 7.20. The van der Waals surface area contributed by atoms with Gasteiger partial charge in [0.2, 0.25) is 0 Å². The molecule has 0 aromatic heterocycles. The van der Waals surface area contributed by atoms with Gasteiger partial charge in [-0.25, -0.2) is 0 Å². The Labute approximate surface area is 131 Å². The Morgan fingerprint density at radius 3 is 2.63 bits per heavy atom. The molecule has 0 saturated heterocycles. The van der Waals surface area contributed by atoms with Gasteiger partial charge < -0.3 is 15.8 Å². The Kier molecular flexibility index (Phi) is 6.57. The number of hydrogen-bond donors (Lipinski definition) is 2. The smallest absolute Gasteiger partial charge is 0.193 e. The van der Waals surface area contributed by atoms with Crippen molar-refractivity contribution in [2.24, 2.45) is 16.1 Å². The van der Waals surface area contributed by atoms with Crippen molar-refractivity contribution >= 4 is 35.6 Å². The van der Waals surface area contributed by atoms with E-state index in [1.165, 1.54) is 12.8 Å². The summed E-state index contributed by atoms with van der Waals surface area (Å²) in [6.45, 7) is 1.60. The minimum absolute atomic E-state index is 0. The molecule has 0 spiro atoms. The van der Waals surface area contributed by atoms with E-state index in [0.29, 0.717) is 11.4 Å². The zero-order chi connectivity index (χ0) is 12.8. The molecule has 0 bridgehead atoms. The maximum absolute atomic E-state index is 5.88. The van der Waals surface area contributed by atoms with Crippen molar-refractivity contribution in [2.75, 3.05) is 25.6 Å². The van der Waals surface area contributed by atoms with E-state index in [0.717, 1.165) is 25.3 Å². The molecule has 5 heteroatoms. The number of methoxy groups -OCH3 is 1. The lowest BCUT2D eigenvalue weighted by Crippen LogP contribution is -2.24. The minimum Gasteiger partial charge on any atom is -0.385 e. The van der Waals surface area contributed by atoms with Crippen LogP contribution in [0.25, 0.3) is 0 Å². The molecule has 1 fully saturated rings. The predicted octanol–water partition coefficient (Wildman–Crippen LogP) is 2.85. The second-order valence-corrected chi connectivity index (χ2v) is 4.94. The number of nitrogens with zero attached hydrogens (tertiary/aromatic N) is 1. The fourth-order valence-corrected chi connectivity index (χ4v) is 1.94. The third kappa shape index (κ3) is 5.36. The number of aliphatic imine (C=N–C) groups is 1. The van der Waals surface area contributed by atoms with Crippen molar-refractivity contribution in [3.05, 3.63) is 30.3 Å². The van der Waals surface area contributed by atoms with Crippen LogP contribution in [0.1, 0.15) is 19.3 Å². The monoisotopic (exact) mass is 375 g/mol. The molecule has 1 aliphatic carbocycles. The first kappa shape index (κ1) is 16.2. The number of halogens is 1. The number of nitrogens with two attached hydrogens (primary N) is 1. The maximum atomic E-state index is 5.88. The third-order valence-electron chi connectivity index (χ3n) is 3.42. The molecule has 0 heterocycles. The van der Waals surface area contributed by atoms with Crippen LogP contribution < -0.4 is 11.1 Å². The number of guanidine groups is 1. The van der Waals surface area contributed by atoms with Crippen LogP contribution in [-0.2, 0) is 4.74 Å². The van der Waals surface area contributed by atoms with E-state index < -0.39 is 0 Å². The summed E-state index contributed by atoms with van der Waals surface area (Å²) in [6, 6.07) is 9.86. The molecular formula is C14H22IN3O. The Hall–Kier alpha value is -0.820. The highest BCUT2D eigenvalue weighted by atomic mass is 127. The number of para-hydroxylation sites is 1. The van der Waals surface area contributed by atoms with Crippen LogP contribution >= 0.6 is 24.0 Å². The molecule has 0 radical (unpaired) electrons. The van der Waals surface area contributed by atoms with E-state index in [9.17, 15) is 0 Å². The van der Waals surface area contributed by atoms with E-state index in [-0.39, 0.29) is 24.0 Å². The van der Waals surface area contributed by atoms with Gasteiger partial charge in [0.15, 0.2) is 5.96 Å². The van der Waals surface area contributed by atoms with E-state index >= 15 is 0 Å². The predicted molar refractivity (Wildman–Crippen MR) is 90.1 cm³/mol. The van der Waals surface area contributed by atoms with Crippen LogP contribution in [0.15, 0.2) is 35.3 Å². The topological polar surface area (TPSA) is 59.6 Å². The molecule has 1 aromatic rings. The molecule has 1 saturated carbocycles. The number of hydrogen-bond acceptors (Lipinski definition) is 2. The summed E-state index contributed by atoms with van der Waals surface area (Å²) in [5, 5.41) is 3.09. The molecular weight excluding hydrogens is 353 g/mol. The van der Waals surface area contributed by atoms with Crippen molar-refractivity contribution < 1.29 is 4.74 Å². The first-order chi connectivity index (χ1) is 8.74. The Bertz CT molecular complexity index is 404. The first-order valence-corrected chi connectivity index (χ1v) is 6.35. The van der Waals surface area contributed by atoms with E-state index in [1.807, 2.05) is 30.3 Å². The van der Waals surface area contributed by atoms with Gasteiger partial charge in [-0.3, -0.25) is 4.99 Å². The average Bonchev–Trinajstić information content (AvgIpc) is 3.16. The van der Waals surface area contributed by atoms with Crippen LogP contribution in [0, 0.1) is 5.41 Å². The molecule has 0 atom stereocenters. The second-order valence-electron chi connectivity index (χ2n) is 4.94. The zero-order valence-corrected chi connectivity index (χ0v) is 13.6. The Morgan fingerprint density at radius 2 is 2.05 bits per heavy atom. The van der Waals surface area contributed by atoms with Gasteiger partial charge in [-0.05, 0) is 36.8 Å². The molecule has 19 heavy (non-hydrogen) atoms. The summed E-state index contributed by atoms with van der Waals surface area (Å²) in [4.78, 5) is 4.43. The highest BCUT2D eigenvalue weighted by Gasteiger charge is 2.41. The van der Waals surface area contributed by atoms with Crippen molar-refractivity contribution in [1.29, 1.82) is 0 Å². The van der Waals surface area contributed by atoms with Gasteiger partial charge in [-0.2, -0.15) is 0 Å². The van der Waals surface area contributed by atoms with Gasteiger partial charge in [0, 0.05) is 25.9 Å². The van der Waals surface area contributed by atoms with E-state index in [2.05, 4.69) is 10.3 Å². The molecule has 1 aromatic carbocycles. The van der Waals surface area contributed by atoms with Gasteiger partial charge in [-0.1, -0.05) is 18.2 Å². The van der Waals surface area contributed by atoms with Gasteiger partial charge in [0.25, 0.3) is 0 Å². The molecule has 2 rings (SSSR count). The standard InChI is InChI=1S/C14H21N3O.HI/c1-18-10-9-14(7-8-14)11-16-13(15)17-12-5-3-2-4-6-12;/h2-6H,7-11H2,1H3,(H3,15,16,17);1H. The number of nitrogens with one attached hydrogen (secondary N) is 1. The number of anilines is 1. The van der Waals surface area contributed by atoms with Gasteiger partial charge in [-0.15, -0.1) is 24.0 Å². The van der Waals surface area contributed by atoms with Crippen LogP contribution in [0.5, 0.6) is 0 Å². The number of benzene rings is 1. The normalized spacial score (nSPS) is 16.6. The van der Waals surface area contributed by atoms with E-state index in [4.69, 9.17) is 10.5 Å². The first-order valence-electron chi connectivity index (χ1n) is 6.35. The summed E-state index contributed by atoms with van der Waals surface area (Å²) in [6.07, 6.45) is 3.54. The molecule has 3 N–H and O–H groups in total.